The second-order valence-corrected chi connectivity index (χ2v) is 7.06. The lowest BCUT2D eigenvalue weighted by molar-refractivity contribution is 0.461. The number of rotatable bonds is 5. The molecule has 5 nitrogen and oxygen atoms in total. The van der Waals surface area contributed by atoms with Crippen LogP contribution in [0.4, 0.5) is 5.95 Å². The highest BCUT2D eigenvalue weighted by Crippen LogP contribution is 2.24. The Hall–Kier alpha value is -2.69. The van der Waals surface area contributed by atoms with Crippen LogP contribution in [0, 0.1) is 6.92 Å². The minimum absolute atomic E-state index is 0.501. The van der Waals surface area contributed by atoms with E-state index in [4.69, 9.17) is 4.98 Å². The quantitative estimate of drug-likeness (QED) is 0.741. The first-order valence-corrected chi connectivity index (χ1v) is 9.46. The maximum Gasteiger partial charge on any atom is 0.223 e. The summed E-state index contributed by atoms with van der Waals surface area (Å²) in [6.45, 7) is 2.80. The van der Waals surface area contributed by atoms with Crippen molar-refractivity contribution in [3.63, 3.8) is 0 Å². The fourth-order valence-corrected chi connectivity index (χ4v) is 3.63. The maximum atomic E-state index is 4.74. The highest BCUT2D eigenvalue weighted by Gasteiger charge is 2.15. The van der Waals surface area contributed by atoms with Crippen LogP contribution in [0.15, 0.2) is 48.8 Å². The van der Waals surface area contributed by atoms with Gasteiger partial charge in [0, 0.05) is 24.0 Å². The number of nitrogens with zero attached hydrogens (tertiary/aromatic N) is 4. The zero-order valence-electron chi connectivity index (χ0n) is 15.2. The summed E-state index contributed by atoms with van der Waals surface area (Å²) in [5.74, 6) is 0.726. The normalized spacial score (nSPS) is 15.1. The predicted octanol–water partition coefficient (Wildman–Crippen LogP) is 4.44. The van der Waals surface area contributed by atoms with Crippen molar-refractivity contribution in [3.05, 3.63) is 60.0 Å². The zero-order chi connectivity index (χ0) is 17.8. The van der Waals surface area contributed by atoms with Crippen molar-refractivity contribution in [1.29, 1.82) is 0 Å². The molecule has 0 spiro atoms. The zero-order valence-corrected chi connectivity index (χ0v) is 15.2. The lowest BCUT2D eigenvalue weighted by Gasteiger charge is -2.22. The summed E-state index contributed by atoms with van der Waals surface area (Å²) >= 11 is 0. The van der Waals surface area contributed by atoms with Gasteiger partial charge >= 0.3 is 0 Å². The summed E-state index contributed by atoms with van der Waals surface area (Å²) in [5, 5.41) is 8.17. The number of nitrogens with one attached hydrogen (secondary N) is 1. The van der Waals surface area contributed by atoms with E-state index in [2.05, 4.69) is 45.9 Å². The molecule has 1 aliphatic rings. The van der Waals surface area contributed by atoms with Gasteiger partial charge in [-0.05, 0) is 31.4 Å². The number of hydrogen-bond acceptors (Lipinski definition) is 4. The largest absolute Gasteiger partial charge is 0.351 e. The number of anilines is 1. The van der Waals surface area contributed by atoms with Gasteiger partial charge in [0.1, 0.15) is 0 Å². The summed E-state index contributed by atoms with van der Waals surface area (Å²) in [5.41, 5.74) is 4.22. The molecule has 5 heteroatoms. The smallest absolute Gasteiger partial charge is 0.223 e. The topological polar surface area (TPSA) is 55.6 Å². The van der Waals surface area contributed by atoms with Gasteiger partial charge in [0.05, 0.1) is 17.9 Å². The Bertz CT molecular complexity index is 850. The molecule has 0 atom stereocenters. The molecule has 0 unspecified atom stereocenters. The molecular formula is C21H25N5. The first kappa shape index (κ1) is 16.8. The fraction of sp³-hybridized carbons (Fsp3) is 0.381. The van der Waals surface area contributed by atoms with Gasteiger partial charge in [0.15, 0.2) is 0 Å². The Labute approximate surface area is 154 Å². The van der Waals surface area contributed by atoms with Crippen molar-refractivity contribution >= 4 is 5.95 Å². The minimum atomic E-state index is 0.501. The molecule has 1 N–H and O–H groups in total. The molecule has 1 aliphatic carbocycles. The lowest BCUT2D eigenvalue weighted by atomic mass is 9.96. The highest BCUT2D eigenvalue weighted by molar-refractivity contribution is 5.61. The molecule has 0 bridgehead atoms. The Morgan fingerprint density at radius 3 is 2.69 bits per heavy atom. The number of aryl methyl sites for hydroxylation is 1. The van der Waals surface area contributed by atoms with E-state index in [9.17, 15) is 0 Å². The molecule has 0 aliphatic heterocycles. The van der Waals surface area contributed by atoms with Crippen molar-refractivity contribution in [2.24, 2.45) is 0 Å². The van der Waals surface area contributed by atoms with E-state index in [-0.39, 0.29) is 0 Å². The van der Waals surface area contributed by atoms with E-state index in [1.54, 1.807) is 0 Å². The van der Waals surface area contributed by atoms with E-state index in [0.717, 1.165) is 29.4 Å². The standard InChI is InChI=1S/C21H25N5/c1-16-19(15-26(25-16)14-17-8-4-2-5-9-17)20-12-13-22-21(24-20)23-18-10-6-3-7-11-18/h2,4-5,8-9,12-13,15,18H,3,6-7,10-11,14H2,1H3,(H,22,23,24). The van der Waals surface area contributed by atoms with E-state index in [1.807, 2.05) is 29.9 Å². The van der Waals surface area contributed by atoms with Crippen LogP contribution in [-0.4, -0.2) is 25.8 Å². The molecule has 1 fully saturated rings. The third-order valence-electron chi connectivity index (χ3n) is 5.00. The minimum Gasteiger partial charge on any atom is -0.351 e. The molecule has 4 rings (SSSR count). The number of aromatic nitrogens is 4. The average molecular weight is 347 g/mol. The molecule has 26 heavy (non-hydrogen) atoms. The van der Waals surface area contributed by atoms with E-state index < -0.39 is 0 Å². The third kappa shape index (κ3) is 3.93. The summed E-state index contributed by atoms with van der Waals surface area (Å²) in [7, 11) is 0. The molecule has 3 aromatic rings. The van der Waals surface area contributed by atoms with Crippen LogP contribution in [0.3, 0.4) is 0 Å². The van der Waals surface area contributed by atoms with Crippen LogP contribution in [0.1, 0.15) is 43.4 Å². The van der Waals surface area contributed by atoms with Crippen molar-refractivity contribution in [3.8, 4) is 11.3 Å². The van der Waals surface area contributed by atoms with Crippen molar-refractivity contribution < 1.29 is 0 Å². The molecule has 2 heterocycles. The molecule has 0 radical (unpaired) electrons. The van der Waals surface area contributed by atoms with Crippen molar-refractivity contribution in [2.45, 2.75) is 51.6 Å². The SMILES string of the molecule is Cc1nn(Cc2ccccc2)cc1-c1ccnc(NC2CCCCC2)n1. The van der Waals surface area contributed by atoms with Crippen LogP contribution in [-0.2, 0) is 6.54 Å². The van der Waals surface area contributed by atoms with Gasteiger partial charge in [0.25, 0.3) is 0 Å². The van der Waals surface area contributed by atoms with E-state index >= 15 is 0 Å². The van der Waals surface area contributed by atoms with Crippen molar-refractivity contribution in [2.75, 3.05) is 5.32 Å². The second-order valence-electron chi connectivity index (χ2n) is 7.06. The second kappa shape index (κ2) is 7.68. The van der Waals surface area contributed by atoms with Gasteiger partial charge in [-0.1, -0.05) is 49.6 Å². The Balaban J connectivity index is 1.52. The average Bonchev–Trinajstić information content (AvgIpc) is 3.04. The number of hydrogen-bond donors (Lipinski definition) is 1. The number of benzene rings is 1. The van der Waals surface area contributed by atoms with Gasteiger partial charge in [-0.3, -0.25) is 4.68 Å². The van der Waals surface area contributed by atoms with Crippen LogP contribution in [0.2, 0.25) is 0 Å². The Kier molecular flexibility index (Phi) is 4.95. The van der Waals surface area contributed by atoms with Crippen LogP contribution in [0.5, 0.6) is 0 Å². The highest BCUT2D eigenvalue weighted by atomic mass is 15.3. The maximum absolute atomic E-state index is 4.74. The lowest BCUT2D eigenvalue weighted by Crippen LogP contribution is -2.23. The van der Waals surface area contributed by atoms with E-state index in [0.29, 0.717) is 6.04 Å². The summed E-state index contributed by atoms with van der Waals surface area (Å²) in [4.78, 5) is 9.16. The predicted molar refractivity (Wildman–Crippen MR) is 104 cm³/mol. The van der Waals surface area contributed by atoms with Crippen LogP contribution >= 0.6 is 0 Å². The molecule has 134 valence electrons. The Morgan fingerprint density at radius 2 is 1.88 bits per heavy atom. The van der Waals surface area contributed by atoms with Gasteiger partial charge in [-0.15, -0.1) is 0 Å². The molecule has 1 saturated carbocycles. The van der Waals surface area contributed by atoms with Gasteiger partial charge < -0.3 is 5.32 Å². The summed E-state index contributed by atoms with van der Waals surface area (Å²) < 4.78 is 1.98. The molecule has 0 saturated heterocycles. The summed E-state index contributed by atoms with van der Waals surface area (Å²) in [6, 6.07) is 12.8. The van der Waals surface area contributed by atoms with Crippen molar-refractivity contribution in [1.82, 2.24) is 19.7 Å². The fourth-order valence-electron chi connectivity index (χ4n) is 3.63. The first-order valence-electron chi connectivity index (χ1n) is 9.46. The van der Waals surface area contributed by atoms with E-state index in [1.165, 1.54) is 37.7 Å². The first-order chi connectivity index (χ1) is 12.8. The van der Waals surface area contributed by atoms with Gasteiger partial charge in [-0.2, -0.15) is 5.10 Å². The molecular weight excluding hydrogens is 322 g/mol. The van der Waals surface area contributed by atoms with Crippen LogP contribution in [0.25, 0.3) is 11.3 Å². The van der Waals surface area contributed by atoms with Gasteiger partial charge in [-0.25, -0.2) is 9.97 Å². The Morgan fingerprint density at radius 1 is 1.08 bits per heavy atom. The molecule has 0 amide bonds. The molecule has 2 aromatic heterocycles. The van der Waals surface area contributed by atoms with Crippen LogP contribution < -0.4 is 5.32 Å². The summed E-state index contributed by atoms with van der Waals surface area (Å²) in [6.07, 6.45) is 10.3. The van der Waals surface area contributed by atoms with Gasteiger partial charge in [0.2, 0.25) is 5.95 Å². The monoisotopic (exact) mass is 347 g/mol. The third-order valence-corrected chi connectivity index (χ3v) is 5.00. The molecule has 1 aromatic carbocycles.